The van der Waals surface area contributed by atoms with Gasteiger partial charge in [0.05, 0.1) is 12.6 Å². The average molecular weight is 476 g/mol. The molecule has 2 unspecified atom stereocenters. The topological polar surface area (TPSA) is 94.1 Å². The SMILES string of the molecule is CNC(=O)N1CC(N(C(=O)NCc2ccc(OC(F)(F)F)cc2F)C2CC2)CC(C)(CO)C1. The van der Waals surface area contributed by atoms with Gasteiger partial charge < -0.3 is 30.3 Å². The van der Waals surface area contributed by atoms with E-state index in [2.05, 4.69) is 15.4 Å². The highest BCUT2D eigenvalue weighted by Gasteiger charge is 2.45. The van der Waals surface area contributed by atoms with Crippen LogP contribution in [0.5, 0.6) is 5.75 Å². The van der Waals surface area contributed by atoms with Crippen molar-refractivity contribution in [3.8, 4) is 5.75 Å². The minimum atomic E-state index is -4.93. The Morgan fingerprint density at radius 1 is 1.30 bits per heavy atom. The molecule has 12 heteroatoms. The summed E-state index contributed by atoms with van der Waals surface area (Å²) >= 11 is 0. The van der Waals surface area contributed by atoms with Crippen LogP contribution in [-0.2, 0) is 6.54 Å². The fourth-order valence-electron chi connectivity index (χ4n) is 4.20. The molecule has 3 rings (SSSR count). The maximum absolute atomic E-state index is 14.2. The maximum atomic E-state index is 14.2. The second kappa shape index (κ2) is 9.62. The van der Waals surface area contributed by atoms with E-state index in [1.54, 1.807) is 9.80 Å². The van der Waals surface area contributed by atoms with Gasteiger partial charge >= 0.3 is 18.4 Å². The summed E-state index contributed by atoms with van der Waals surface area (Å²) in [4.78, 5) is 28.5. The molecule has 0 radical (unpaired) electrons. The number of nitrogens with one attached hydrogen (secondary N) is 2. The minimum Gasteiger partial charge on any atom is -0.406 e. The van der Waals surface area contributed by atoms with Gasteiger partial charge in [0.2, 0.25) is 0 Å². The maximum Gasteiger partial charge on any atom is 0.573 e. The van der Waals surface area contributed by atoms with Crippen LogP contribution in [0.15, 0.2) is 18.2 Å². The largest absolute Gasteiger partial charge is 0.573 e. The lowest BCUT2D eigenvalue weighted by Gasteiger charge is -2.47. The van der Waals surface area contributed by atoms with Gasteiger partial charge in [-0.25, -0.2) is 14.0 Å². The summed E-state index contributed by atoms with van der Waals surface area (Å²) in [6.45, 7) is 2.09. The van der Waals surface area contributed by atoms with Gasteiger partial charge in [0.1, 0.15) is 11.6 Å². The molecule has 8 nitrogen and oxygen atoms in total. The van der Waals surface area contributed by atoms with Crippen molar-refractivity contribution in [1.82, 2.24) is 20.4 Å². The van der Waals surface area contributed by atoms with Crippen LogP contribution in [0.1, 0.15) is 31.7 Å². The van der Waals surface area contributed by atoms with Crippen LogP contribution in [0.2, 0.25) is 0 Å². The molecule has 1 aromatic rings. The Morgan fingerprint density at radius 2 is 2.00 bits per heavy atom. The van der Waals surface area contributed by atoms with Crippen LogP contribution >= 0.6 is 0 Å². The van der Waals surface area contributed by atoms with Crippen LogP contribution in [-0.4, -0.2) is 72.2 Å². The van der Waals surface area contributed by atoms with Crippen molar-refractivity contribution in [2.75, 3.05) is 26.7 Å². The molecule has 1 aliphatic heterocycles. The van der Waals surface area contributed by atoms with E-state index in [1.807, 2.05) is 6.92 Å². The van der Waals surface area contributed by atoms with Gasteiger partial charge in [0.25, 0.3) is 0 Å². The second-order valence-electron chi connectivity index (χ2n) is 8.86. The fraction of sp³-hybridized carbons (Fsp3) is 0.619. The molecule has 1 saturated heterocycles. The highest BCUT2D eigenvalue weighted by Crippen LogP contribution is 2.37. The van der Waals surface area contributed by atoms with Crippen molar-refractivity contribution in [3.05, 3.63) is 29.6 Å². The molecule has 0 bridgehead atoms. The predicted molar refractivity (Wildman–Crippen MR) is 110 cm³/mol. The summed E-state index contributed by atoms with van der Waals surface area (Å²) in [5.41, 5.74) is -0.590. The first kappa shape index (κ1) is 24.9. The molecular formula is C21H28F4N4O4. The van der Waals surface area contributed by atoms with Gasteiger partial charge in [0.15, 0.2) is 0 Å². The normalized spacial score (nSPS) is 23.1. The predicted octanol–water partition coefficient (Wildman–Crippen LogP) is 2.81. The molecular weight excluding hydrogens is 448 g/mol. The second-order valence-corrected chi connectivity index (χ2v) is 8.86. The Morgan fingerprint density at radius 3 is 2.55 bits per heavy atom. The molecule has 0 aromatic heterocycles. The number of ether oxygens (including phenoxy) is 1. The number of amides is 4. The minimum absolute atomic E-state index is 0.00412. The van der Waals surface area contributed by atoms with Crippen molar-refractivity contribution < 1.29 is 37.0 Å². The molecule has 2 atom stereocenters. The first-order valence-corrected chi connectivity index (χ1v) is 10.6. The highest BCUT2D eigenvalue weighted by atomic mass is 19.4. The monoisotopic (exact) mass is 476 g/mol. The fourth-order valence-corrected chi connectivity index (χ4v) is 4.20. The number of urea groups is 2. The Bertz CT molecular complexity index is 880. The zero-order valence-electron chi connectivity index (χ0n) is 18.4. The van der Waals surface area contributed by atoms with E-state index in [0.717, 1.165) is 25.0 Å². The molecule has 1 aliphatic carbocycles. The number of hydrogen-bond acceptors (Lipinski definition) is 4. The lowest BCUT2D eigenvalue weighted by Crippen LogP contribution is -2.60. The van der Waals surface area contributed by atoms with Crippen LogP contribution < -0.4 is 15.4 Å². The number of piperidine rings is 1. The number of likely N-dealkylation sites (tertiary alicyclic amines) is 1. The zero-order valence-corrected chi connectivity index (χ0v) is 18.4. The molecule has 1 heterocycles. The van der Waals surface area contributed by atoms with E-state index in [1.165, 1.54) is 7.05 Å². The van der Waals surface area contributed by atoms with E-state index in [4.69, 9.17) is 0 Å². The highest BCUT2D eigenvalue weighted by molar-refractivity contribution is 5.76. The van der Waals surface area contributed by atoms with E-state index in [9.17, 15) is 32.3 Å². The quantitative estimate of drug-likeness (QED) is 0.551. The third kappa shape index (κ3) is 6.40. The van der Waals surface area contributed by atoms with Gasteiger partial charge in [-0.15, -0.1) is 13.2 Å². The van der Waals surface area contributed by atoms with Gasteiger partial charge in [-0.2, -0.15) is 0 Å². The van der Waals surface area contributed by atoms with E-state index in [0.29, 0.717) is 19.0 Å². The number of alkyl halides is 3. The van der Waals surface area contributed by atoms with Gasteiger partial charge in [-0.1, -0.05) is 13.0 Å². The van der Waals surface area contributed by atoms with Crippen LogP contribution in [0, 0.1) is 11.2 Å². The lowest BCUT2D eigenvalue weighted by atomic mass is 9.80. The first-order chi connectivity index (χ1) is 15.4. The van der Waals surface area contributed by atoms with Crippen molar-refractivity contribution in [2.24, 2.45) is 5.41 Å². The Kier molecular flexibility index (Phi) is 7.25. The summed E-state index contributed by atoms with van der Waals surface area (Å²) < 4.78 is 54.8. The number of carbonyl (C=O) groups excluding carboxylic acids is 2. The van der Waals surface area contributed by atoms with Crippen molar-refractivity contribution in [1.29, 1.82) is 0 Å². The van der Waals surface area contributed by atoms with E-state index >= 15 is 0 Å². The summed E-state index contributed by atoms with van der Waals surface area (Å²) in [6.07, 6.45) is -2.87. The number of hydrogen-bond donors (Lipinski definition) is 3. The summed E-state index contributed by atoms with van der Waals surface area (Å²) in [6, 6.07) is 1.56. The number of aliphatic hydroxyl groups is 1. The third-order valence-corrected chi connectivity index (χ3v) is 5.87. The Hall–Kier alpha value is -2.76. The number of halogens is 4. The molecule has 184 valence electrons. The standard InChI is InChI=1S/C21H28F4N4O4/c1-20(12-30)8-15(10-28(11-20)18(31)26-2)29(14-4-5-14)19(32)27-9-13-3-6-16(7-17(13)22)33-21(23,24)25/h3,6-7,14-15,30H,4-5,8-12H2,1-2H3,(H,26,31)(H,27,32). The summed E-state index contributed by atoms with van der Waals surface area (Å²) in [5, 5.41) is 15.1. The van der Waals surface area contributed by atoms with Crippen LogP contribution in [0.4, 0.5) is 27.2 Å². The number of carbonyl (C=O) groups is 2. The third-order valence-electron chi connectivity index (χ3n) is 5.87. The van der Waals surface area contributed by atoms with Gasteiger partial charge in [-0.05, 0) is 25.3 Å². The summed E-state index contributed by atoms with van der Waals surface area (Å²) in [5.74, 6) is -1.62. The van der Waals surface area contributed by atoms with E-state index in [-0.39, 0.29) is 43.4 Å². The van der Waals surface area contributed by atoms with Crippen molar-refractivity contribution in [3.63, 3.8) is 0 Å². The average Bonchev–Trinajstić information content (AvgIpc) is 3.56. The molecule has 1 saturated carbocycles. The van der Waals surface area contributed by atoms with Crippen molar-refractivity contribution in [2.45, 2.75) is 51.2 Å². The number of nitrogens with zero attached hydrogens (tertiary/aromatic N) is 2. The van der Waals surface area contributed by atoms with Gasteiger partial charge in [-0.3, -0.25) is 0 Å². The Labute approximate surface area is 188 Å². The molecule has 4 amide bonds. The number of benzene rings is 1. The lowest BCUT2D eigenvalue weighted by molar-refractivity contribution is -0.274. The van der Waals surface area contributed by atoms with Crippen LogP contribution in [0.25, 0.3) is 0 Å². The van der Waals surface area contributed by atoms with Gasteiger partial charge in [0, 0.05) is 49.8 Å². The molecule has 1 aromatic carbocycles. The Balaban J connectivity index is 1.70. The molecule has 2 fully saturated rings. The molecule has 33 heavy (non-hydrogen) atoms. The zero-order chi connectivity index (χ0) is 24.4. The van der Waals surface area contributed by atoms with Crippen LogP contribution in [0.3, 0.4) is 0 Å². The first-order valence-electron chi connectivity index (χ1n) is 10.6. The molecule has 2 aliphatic rings. The number of rotatable bonds is 6. The number of aliphatic hydroxyl groups excluding tert-OH is 1. The van der Waals surface area contributed by atoms with E-state index < -0.39 is 29.4 Å². The molecule has 0 spiro atoms. The smallest absolute Gasteiger partial charge is 0.406 e. The molecule has 3 N–H and O–H groups in total. The summed E-state index contributed by atoms with van der Waals surface area (Å²) in [7, 11) is 1.51. The van der Waals surface area contributed by atoms with Crippen molar-refractivity contribution >= 4 is 12.1 Å².